The third-order valence-corrected chi connectivity index (χ3v) is 5.97. The summed E-state index contributed by atoms with van der Waals surface area (Å²) < 4.78 is 24.6. The average Bonchev–Trinajstić information content (AvgIpc) is 2.99. The molecule has 1 aromatic heterocycles. The van der Waals surface area contributed by atoms with Crippen LogP contribution in [0.1, 0.15) is 23.7 Å². The Morgan fingerprint density at radius 3 is 2.78 bits per heavy atom. The van der Waals surface area contributed by atoms with Crippen molar-refractivity contribution in [3.8, 4) is 0 Å². The van der Waals surface area contributed by atoms with Crippen LogP contribution in [-0.2, 0) is 9.84 Å². The molecule has 2 aromatic rings. The summed E-state index contributed by atoms with van der Waals surface area (Å²) in [5.74, 6) is 0.110. The topological polar surface area (TPSA) is 84.3 Å². The van der Waals surface area contributed by atoms with Crippen molar-refractivity contribution in [3.63, 3.8) is 0 Å². The van der Waals surface area contributed by atoms with E-state index in [1.807, 2.05) is 6.07 Å². The lowest BCUT2D eigenvalue weighted by Gasteiger charge is -2.07. The van der Waals surface area contributed by atoms with Gasteiger partial charge in [0.15, 0.2) is 9.84 Å². The predicted molar refractivity (Wildman–Crippen MR) is 90.8 cm³/mol. The summed E-state index contributed by atoms with van der Waals surface area (Å²) in [5, 5.41) is 3.46. The van der Waals surface area contributed by atoms with E-state index in [0.717, 1.165) is 0 Å². The van der Waals surface area contributed by atoms with Crippen LogP contribution in [0.3, 0.4) is 0 Å². The molecule has 3 rings (SSSR count). The van der Waals surface area contributed by atoms with Gasteiger partial charge in [0.1, 0.15) is 0 Å². The van der Waals surface area contributed by atoms with Crippen LogP contribution in [0, 0.1) is 6.92 Å². The summed E-state index contributed by atoms with van der Waals surface area (Å²) in [6, 6.07) is 6.75. The normalized spacial score (nSPS) is 20.3. The minimum Gasteiger partial charge on any atom is -0.299 e. The van der Waals surface area contributed by atoms with Gasteiger partial charge in [-0.15, -0.1) is 0 Å². The van der Waals surface area contributed by atoms with Gasteiger partial charge >= 0.3 is 0 Å². The first-order valence-electron chi connectivity index (χ1n) is 7.17. The molecule has 122 valence electrons. The summed E-state index contributed by atoms with van der Waals surface area (Å²) in [6.07, 6.45) is 1.92. The van der Waals surface area contributed by atoms with Crippen LogP contribution in [0.2, 0.25) is 5.02 Å². The molecule has 1 aliphatic rings. The number of aliphatic imine (C=N–C) groups is 1. The quantitative estimate of drug-likeness (QED) is 0.859. The second kappa shape index (κ2) is 5.98. The highest BCUT2D eigenvalue weighted by atomic mass is 35.5. The number of para-hydroxylation sites is 1. The van der Waals surface area contributed by atoms with E-state index in [9.17, 15) is 13.2 Å². The third-order valence-electron chi connectivity index (χ3n) is 3.90. The fraction of sp³-hybridized carbons (Fsp3) is 0.333. The number of hydrogen-bond acceptors (Lipinski definition) is 4. The molecule has 1 saturated heterocycles. The van der Waals surface area contributed by atoms with E-state index in [4.69, 9.17) is 11.6 Å². The lowest BCUT2D eigenvalue weighted by molar-refractivity contribution is 0.483. The summed E-state index contributed by atoms with van der Waals surface area (Å²) >= 11 is 6.04. The smallest absolute Gasteiger partial charge is 0.275 e. The number of nitrogens with zero attached hydrogens (tertiary/aromatic N) is 2. The van der Waals surface area contributed by atoms with Crippen molar-refractivity contribution in [1.29, 1.82) is 0 Å². The van der Waals surface area contributed by atoms with Crippen LogP contribution in [0.15, 0.2) is 34.1 Å². The maximum atomic E-state index is 12.5. The van der Waals surface area contributed by atoms with Crippen molar-refractivity contribution in [2.24, 2.45) is 4.99 Å². The molecular weight excluding hydrogens is 338 g/mol. The van der Waals surface area contributed by atoms with E-state index in [1.165, 1.54) is 10.9 Å². The molecule has 0 spiro atoms. The largest absolute Gasteiger partial charge is 0.299 e. The number of benzene rings is 1. The molecule has 0 aliphatic carbocycles. The van der Waals surface area contributed by atoms with Crippen molar-refractivity contribution in [1.82, 2.24) is 9.78 Å². The Balaban J connectivity index is 1.93. The number of sulfone groups is 1. The monoisotopic (exact) mass is 353 g/mol. The van der Waals surface area contributed by atoms with Crippen molar-refractivity contribution in [3.05, 3.63) is 50.9 Å². The molecule has 1 aliphatic heterocycles. The highest BCUT2D eigenvalue weighted by Gasteiger charge is 2.31. The van der Waals surface area contributed by atoms with Crippen LogP contribution >= 0.6 is 11.6 Å². The van der Waals surface area contributed by atoms with Crippen LogP contribution < -0.4 is 5.56 Å². The fourth-order valence-electron chi connectivity index (χ4n) is 2.66. The molecule has 0 amide bonds. The first kappa shape index (κ1) is 16.0. The SMILES string of the molecule is Cc1[nH]n([C@H]2CCS(=O)(=O)C2)c(=O)c1C=Nc1ccccc1Cl. The maximum Gasteiger partial charge on any atom is 0.275 e. The second-order valence-corrected chi connectivity index (χ2v) is 8.23. The van der Waals surface area contributed by atoms with Gasteiger partial charge in [-0.1, -0.05) is 23.7 Å². The van der Waals surface area contributed by atoms with Gasteiger partial charge in [-0.2, -0.15) is 0 Å². The zero-order valence-corrected chi connectivity index (χ0v) is 14.1. The van der Waals surface area contributed by atoms with Gasteiger partial charge < -0.3 is 0 Å². The van der Waals surface area contributed by atoms with E-state index >= 15 is 0 Å². The summed E-state index contributed by atoms with van der Waals surface area (Å²) in [4.78, 5) is 16.8. The van der Waals surface area contributed by atoms with Crippen molar-refractivity contribution in [2.45, 2.75) is 19.4 Å². The first-order chi connectivity index (χ1) is 10.9. The number of H-pyrrole nitrogens is 1. The number of rotatable bonds is 3. The van der Waals surface area contributed by atoms with Crippen molar-refractivity contribution in [2.75, 3.05) is 11.5 Å². The standard InChI is InChI=1S/C15H16ClN3O3S/c1-10-12(8-17-14-5-3-2-4-13(14)16)15(20)19(18-10)11-6-7-23(21,22)9-11/h2-5,8,11,18H,6-7,9H2,1H3/t11-/m0/s1. The highest BCUT2D eigenvalue weighted by Crippen LogP contribution is 2.24. The van der Waals surface area contributed by atoms with Gasteiger partial charge in [0, 0.05) is 11.9 Å². The zero-order chi connectivity index (χ0) is 16.6. The summed E-state index contributed by atoms with van der Waals surface area (Å²) in [7, 11) is -3.06. The van der Waals surface area contributed by atoms with Crippen molar-refractivity contribution < 1.29 is 8.42 Å². The van der Waals surface area contributed by atoms with E-state index in [-0.39, 0.29) is 23.1 Å². The molecule has 0 bridgehead atoms. The van der Waals surface area contributed by atoms with E-state index in [1.54, 1.807) is 25.1 Å². The number of hydrogen-bond donors (Lipinski definition) is 1. The predicted octanol–water partition coefficient (Wildman–Crippen LogP) is 2.25. The molecule has 6 nitrogen and oxygen atoms in total. The summed E-state index contributed by atoms with van der Waals surface area (Å²) in [6.45, 7) is 1.76. The van der Waals surface area contributed by atoms with Crippen molar-refractivity contribution >= 4 is 33.3 Å². The number of aromatic nitrogens is 2. The Morgan fingerprint density at radius 2 is 2.13 bits per heavy atom. The minimum atomic E-state index is -3.06. The van der Waals surface area contributed by atoms with Crippen LogP contribution in [0.25, 0.3) is 0 Å². The zero-order valence-electron chi connectivity index (χ0n) is 12.5. The number of halogens is 1. The number of aromatic amines is 1. The van der Waals surface area contributed by atoms with Gasteiger partial charge in [-0.25, -0.2) is 13.1 Å². The molecule has 2 heterocycles. The third kappa shape index (κ3) is 3.25. The van der Waals surface area contributed by atoms with Gasteiger partial charge in [0.05, 0.1) is 33.8 Å². The van der Waals surface area contributed by atoms with Gasteiger partial charge in [0.25, 0.3) is 5.56 Å². The van der Waals surface area contributed by atoms with E-state index < -0.39 is 9.84 Å². The van der Waals surface area contributed by atoms with Crippen LogP contribution in [0.4, 0.5) is 5.69 Å². The van der Waals surface area contributed by atoms with E-state index in [0.29, 0.717) is 28.4 Å². The van der Waals surface area contributed by atoms with Gasteiger partial charge in [0.2, 0.25) is 0 Å². The Hall–Kier alpha value is -1.86. The Bertz CT molecular complexity index is 928. The lowest BCUT2D eigenvalue weighted by Crippen LogP contribution is -2.25. The molecule has 23 heavy (non-hydrogen) atoms. The number of aryl methyl sites for hydroxylation is 1. The second-order valence-electron chi connectivity index (χ2n) is 5.59. The van der Waals surface area contributed by atoms with Gasteiger partial charge in [-0.05, 0) is 25.5 Å². The fourth-order valence-corrected chi connectivity index (χ4v) is 4.54. The summed E-state index contributed by atoms with van der Waals surface area (Å²) in [5.41, 5.74) is 1.37. The molecule has 1 fully saturated rings. The molecule has 1 aromatic carbocycles. The highest BCUT2D eigenvalue weighted by molar-refractivity contribution is 7.91. The van der Waals surface area contributed by atoms with Gasteiger partial charge in [-0.3, -0.25) is 14.9 Å². The average molecular weight is 354 g/mol. The van der Waals surface area contributed by atoms with Crippen LogP contribution in [0.5, 0.6) is 0 Å². The molecule has 1 N–H and O–H groups in total. The molecule has 1 atom stereocenters. The lowest BCUT2D eigenvalue weighted by atomic mass is 10.2. The minimum absolute atomic E-state index is 0.00600. The number of nitrogens with one attached hydrogen (secondary N) is 1. The molecule has 0 saturated carbocycles. The first-order valence-corrected chi connectivity index (χ1v) is 9.37. The Labute approximate surface area is 138 Å². The molecular formula is C15H16ClN3O3S. The van der Waals surface area contributed by atoms with E-state index in [2.05, 4.69) is 10.1 Å². The Morgan fingerprint density at radius 1 is 1.39 bits per heavy atom. The molecule has 0 unspecified atom stereocenters. The molecule has 8 heteroatoms. The maximum absolute atomic E-state index is 12.5. The molecule has 0 radical (unpaired) electrons. The van der Waals surface area contributed by atoms with Crippen LogP contribution in [-0.4, -0.2) is 35.9 Å². The Kier molecular flexibility index (Phi) is 4.16.